The number of benzene rings is 1. The Hall–Kier alpha value is -1.05. The third-order valence-corrected chi connectivity index (χ3v) is 6.64. The summed E-state index contributed by atoms with van der Waals surface area (Å²) in [4.78, 5) is 11.3. The SMILES string of the molecule is Cc1cc(C)c(S(=O)(=O)N2CCCSCC2)cc1C(=O)O. The summed E-state index contributed by atoms with van der Waals surface area (Å²) in [5.74, 6) is 0.630. The summed E-state index contributed by atoms with van der Waals surface area (Å²) >= 11 is 1.75. The van der Waals surface area contributed by atoms with Crippen molar-refractivity contribution in [2.24, 2.45) is 0 Å². The van der Waals surface area contributed by atoms with Crippen LogP contribution in [0.1, 0.15) is 27.9 Å². The molecular formula is C14H19NO4S2. The second-order valence-electron chi connectivity index (χ2n) is 5.11. The van der Waals surface area contributed by atoms with Gasteiger partial charge in [-0.2, -0.15) is 16.1 Å². The summed E-state index contributed by atoms with van der Waals surface area (Å²) in [7, 11) is -3.63. The number of aryl methyl sites for hydroxylation is 2. The molecule has 0 bridgehead atoms. The number of carboxylic acid groups (broad SMARTS) is 1. The normalized spacial score (nSPS) is 17.4. The third-order valence-electron chi connectivity index (χ3n) is 3.55. The van der Waals surface area contributed by atoms with Gasteiger partial charge in [-0.15, -0.1) is 0 Å². The third kappa shape index (κ3) is 3.41. The lowest BCUT2D eigenvalue weighted by Crippen LogP contribution is -2.33. The van der Waals surface area contributed by atoms with Gasteiger partial charge in [0, 0.05) is 18.8 Å². The molecule has 7 heteroatoms. The molecule has 1 fully saturated rings. The van der Waals surface area contributed by atoms with Crippen LogP contribution in [0, 0.1) is 13.8 Å². The Morgan fingerprint density at radius 1 is 1.19 bits per heavy atom. The fraction of sp³-hybridized carbons (Fsp3) is 0.500. The van der Waals surface area contributed by atoms with Gasteiger partial charge in [-0.05, 0) is 43.2 Å². The summed E-state index contributed by atoms with van der Waals surface area (Å²) in [6, 6.07) is 2.92. The average molecular weight is 329 g/mol. The van der Waals surface area contributed by atoms with Gasteiger partial charge in [-0.1, -0.05) is 6.07 Å². The number of rotatable bonds is 3. The lowest BCUT2D eigenvalue weighted by Gasteiger charge is -2.21. The molecule has 1 aliphatic rings. The Kier molecular flexibility index (Phi) is 4.95. The number of nitrogens with zero attached hydrogens (tertiary/aromatic N) is 1. The standard InChI is InChI=1S/C14H19NO4S2/c1-10-8-11(2)13(9-12(10)14(16)17)21(18,19)15-4-3-6-20-7-5-15/h8-9H,3-7H2,1-2H3,(H,16,17). The van der Waals surface area contributed by atoms with Crippen LogP contribution < -0.4 is 0 Å². The van der Waals surface area contributed by atoms with Gasteiger partial charge in [0.15, 0.2) is 0 Å². The quantitative estimate of drug-likeness (QED) is 0.919. The van der Waals surface area contributed by atoms with Gasteiger partial charge in [0.25, 0.3) is 0 Å². The Morgan fingerprint density at radius 2 is 1.90 bits per heavy atom. The van der Waals surface area contributed by atoms with Gasteiger partial charge in [-0.3, -0.25) is 0 Å². The van der Waals surface area contributed by atoms with Crippen LogP contribution in [0.2, 0.25) is 0 Å². The van der Waals surface area contributed by atoms with Crippen LogP contribution in [-0.2, 0) is 10.0 Å². The molecule has 2 rings (SSSR count). The van der Waals surface area contributed by atoms with Crippen molar-refractivity contribution in [3.8, 4) is 0 Å². The van der Waals surface area contributed by atoms with Crippen LogP contribution in [0.5, 0.6) is 0 Å². The van der Waals surface area contributed by atoms with E-state index in [1.54, 1.807) is 31.7 Å². The van der Waals surface area contributed by atoms with Gasteiger partial charge in [0.05, 0.1) is 10.5 Å². The molecule has 0 aliphatic carbocycles. The lowest BCUT2D eigenvalue weighted by molar-refractivity contribution is 0.0696. The second kappa shape index (κ2) is 6.37. The molecular weight excluding hydrogens is 310 g/mol. The number of hydrogen-bond acceptors (Lipinski definition) is 4. The van der Waals surface area contributed by atoms with Crippen LogP contribution in [0.4, 0.5) is 0 Å². The highest BCUT2D eigenvalue weighted by Gasteiger charge is 2.28. The predicted octanol–water partition coefficient (Wildman–Crippen LogP) is 2.13. The summed E-state index contributed by atoms with van der Waals surface area (Å²) in [6.45, 7) is 4.35. The van der Waals surface area contributed by atoms with Gasteiger partial charge in [0.1, 0.15) is 0 Å². The van der Waals surface area contributed by atoms with Crippen molar-refractivity contribution in [3.63, 3.8) is 0 Å². The number of sulfonamides is 1. The van der Waals surface area contributed by atoms with Crippen LogP contribution in [0.25, 0.3) is 0 Å². The molecule has 1 saturated heterocycles. The molecule has 21 heavy (non-hydrogen) atoms. The molecule has 1 heterocycles. The van der Waals surface area contributed by atoms with Gasteiger partial charge < -0.3 is 5.11 Å². The number of carboxylic acids is 1. The predicted molar refractivity (Wildman–Crippen MR) is 83.6 cm³/mol. The largest absolute Gasteiger partial charge is 0.478 e. The van der Waals surface area contributed by atoms with Crippen molar-refractivity contribution in [1.82, 2.24) is 4.31 Å². The molecule has 0 amide bonds. The van der Waals surface area contributed by atoms with Crippen molar-refractivity contribution in [3.05, 3.63) is 28.8 Å². The highest BCUT2D eigenvalue weighted by molar-refractivity contribution is 7.99. The zero-order chi connectivity index (χ0) is 15.6. The molecule has 1 aromatic rings. The molecule has 5 nitrogen and oxygen atoms in total. The lowest BCUT2D eigenvalue weighted by atomic mass is 10.1. The molecule has 0 radical (unpaired) electrons. The fourth-order valence-electron chi connectivity index (χ4n) is 2.44. The van der Waals surface area contributed by atoms with E-state index in [1.807, 2.05) is 0 Å². The minimum atomic E-state index is -3.63. The first-order valence-corrected chi connectivity index (χ1v) is 9.36. The minimum Gasteiger partial charge on any atom is -0.478 e. The van der Waals surface area contributed by atoms with E-state index in [1.165, 1.54) is 10.4 Å². The zero-order valence-corrected chi connectivity index (χ0v) is 13.8. The van der Waals surface area contributed by atoms with E-state index in [9.17, 15) is 18.3 Å². The molecule has 1 aromatic carbocycles. The van der Waals surface area contributed by atoms with E-state index in [0.717, 1.165) is 17.9 Å². The number of thioether (sulfide) groups is 1. The molecule has 0 saturated carbocycles. The number of hydrogen-bond donors (Lipinski definition) is 1. The fourth-order valence-corrected chi connectivity index (χ4v) is 5.16. The molecule has 0 aromatic heterocycles. The Balaban J connectivity index is 2.48. The number of aromatic carboxylic acids is 1. The molecule has 1 aliphatic heterocycles. The minimum absolute atomic E-state index is 0.0448. The first kappa shape index (κ1) is 16.3. The first-order chi connectivity index (χ1) is 9.84. The summed E-state index contributed by atoms with van der Waals surface area (Å²) in [5, 5.41) is 9.19. The molecule has 116 valence electrons. The van der Waals surface area contributed by atoms with E-state index in [4.69, 9.17) is 0 Å². The van der Waals surface area contributed by atoms with Gasteiger partial charge in [-0.25, -0.2) is 13.2 Å². The average Bonchev–Trinajstić information content (AvgIpc) is 2.67. The van der Waals surface area contributed by atoms with Crippen LogP contribution in [-0.4, -0.2) is 48.4 Å². The van der Waals surface area contributed by atoms with Crippen LogP contribution >= 0.6 is 11.8 Å². The Labute approximate surface area is 129 Å². The van der Waals surface area contributed by atoms with Gasteiger partial charge >= 0.3 is 5.97 Å². The first-order valence-electron chi connectivity index (χ1n) is 6.76. The number of carbonyl (C=O) groups is 1. The highest BCUT2D eigenvalue weighted by Crippen LogP contribution is 2.25. The maximum atomic E-state index is 12.8. The smallest absolute Gasteiger partial charge is 0.335 e. The van der Waals surface area contributed by atoms with Crippen molar-refractivity contribution < 1.29 is 18.3 Å². The molecule has 0 atom stereocenters. The van der Waals surface area contributed by atoms with E-state index < -0.39 is 16.0 Å². The zero-order valence-electron chi connectivity index (χ0n) is 12.1. The van der Waals surface area contributed by atoms with Gasteiger partial charge in [0.2, 0.25) is 10.0 Å². The van der Waals surface area contributed by atoms with Crippen molar-refractivity contribution in [2.75, 3.05) is 24.6 Å². The monoisotopic (exact) mass is 329 g/mol. The molecule has 1 N–H and O–H groups in total. The highest BCUT2D eigenvalue weighted by atomic mass is 32.2. The van der Waals surface area contributed by atoms with Crippen LogP contribution in [0.15, 0.2) is 17.0 Å². The van der Waals surface area contributed by atoms with Crippen LogP contribution in [0.3, 0.4) is 0 Å². The van der Waals surface area contributed by atoms with Crippen molar-refractivity contribution >= 4 is 27.8 Å². The summed E-state index contributed by atoms with van der Waals surface area (Å²) in [5.41, 5.74) is 1.21. The van der Waals surface area contributed by atoms with E-state index in [0.29, 0.717) is 24.2 Å². The van der Waals surface area contributed by atoms with E-state index >= 15 is 0 Å². The van der Waals surface area contributed by atoms with E-state index in [2.05, 4.69) is 0 Å². The Morgan fingerprint density at radius 3 is 2.57 bits per heavy atom. The summed E-state index contributed by atoms with van der Waals surface area (Å²) in [6.07, 6.45) is 0.820. The second-order valence-corrected chi connectivity index (χ2v) is 8.24. The van der Waals surface area contributed by atoms with Crippen molar-refractivity contribution in [1.29, 1.82) is 0 Å². The molecule has 0 unspecified atom stereocenters. The maximum absolute atomic E-state index is 12.8. The maximum Gasteiger partial charge on any atom is 0.335 e. The Bertz CT molecular complexity index is 647. The summed E-state index contributed by atoms with van der Waals surface area (Å²) < 4.78 is 27.0. The molecule has 0 spiro atoms. The van der Waals surface area contributed by atoms with Crippen molar-refractivity contribution in [2.45, 2.75) is 25.2 Å². The topological polar surface area (TPSA) is 74.7 Å². The van der Waals surface area contributed by atoms with E-state index in [-0.39, 0.29) is 10.5 Å².